The molecule has 19 heavy (non-hydrogen) atoms. The number of carbonyl (C=O) groups is 1. The Balaban J connectivity index is 2.76. The highest BCUT2D eigenvalue weighted by atomic mass is 32.2. The number of rotatable bonds is 6. The van der Waals surface area contributed by atoms with Crippen LogP contribution in [0.3, 0.4) is 0 Å². The number of piperidine rings is 1. The van der Waals surface area contributed by atoms with Crippen LogP contribution < -0.4 is 0 Å². The molecule has 7 heteroatoms. The monoisotopic (exact) mass is 293 g/mol. The minimum absolute atomic E-state index is 0.0363. The summed E-state index contributed by atoms with van der Waals surface area (Å²) >= 11 is 0. The van der Waals surface area contributed by atoms with Crippen LogP contribution >= 0.6 is 0 Å². The molecule has 0 radical (unpaired) electrons. The second-order valence-corrected chi connectivity index (χ2v) is 7.29. The number of sulfonamides is 1. The summed E-state index contributed by atoms with van der Waals surface area (Å²) in [5, 5.41) is 9.22. The van der Waals surface area contributed by atoms with Gasteiger partial charge in [-0.25, -0.2) is 8.42 Å². The van der Waals surface area contributed by atoms with E-state index in [1.807, 2.05) is 13.8 Å². The van der Waals surface area contributed by atoms with Gasteiger partial charge in [0.25, 0.3) is 0 Å². The molecule has 1 fully saturated rings. The fourth-order valence-electron chi connectivity index (χ4n) is 2.33. The third-order valence-corrected chi connectivity index (χ3v) is 5.10. The van der Waals surface area contributed by atoms with Crippen LogP contribution in [-0.2, 0) is 19.6 Å². The smallest absolute Gasteiger partial charge is 0.322 e. The Labute approximate surface area is 114 Å². The van der Waals surface area contributed by atoms with Crippen LogP contribution in [0.2, 0.25) is 0 Å². The molecule has 0 aromatic heterocycles. The average molecular weight is 293 g/mol. The molecule has 1 aliphatic rings. The molecular weight excluding hydrogens is 270 g/mol. The summed E-state index contributed by atoms with van der Waals surface area (Å²) in [7, 11) is -3.58. The SMILES string of the molecule is CC(C)OCCS(=O)(=O)N1CCCC(C)C1C(=O)O. The van der Waals surface area contributed by atoms with E-state index in [1.165, 1.54) is 0 Å². The van der Waals surface area contributed by atoms with Crippen LogP contribution in [-0.4, -0.2) is 54.8 Å². The molecule has 1 saturated heterocycles. The first kappa shape index (κ1) is 16.4. The number of carboxylic acids is 1. The maximum absolute atomic E-state index is 12.2. The molecule has 1 aliphatic heterocycles. The molecule has 0 amide bonds. The highest BCUT2D eigenvalue weighted by Crippen LogP contribution is 2.26. The van der Waals surface area contributed by atoms with Gasteiger partial charge in [0.1, 0.15) is 6.04 Å². The van der Waals surface area contributed by atoms with E-state index < -0.39 is 22.0 Å². The van der Waals surface area contributed by atoms with E-state index in [2.05, 4.69) is 0 Å². The van der Waals surface area contributed by atoms with Gasteiger partial charge in [-0.3, -0.25) is 4.79 Å². The first-order valence-electron chi connectivity index (χ1n) is 6.59. The van der Waals surface area contributed by atoms with E-state index in [-0.39, 0.29) is 30.9 Å². The summed E-state index contributed by atoms with van der Waals surface area (Å²) in [5.41, 5.74) is 0. The van der Waals surface area contributed by atoms with Gasteiger partial charge < -0.3 is 9.84 Å². The van der Waals surface area contributed by atoms with E-state index in [0.29, 0.717) is 6.42 Å². The average Bonchev–Trinajstić information content (AvgIpc) is 2.27. The molecule has 112 valence electrons. The standard InChI is InChI=1S/C12H23NO5S/c1-9(2)18-7-8-19(16,17)13-6-4-5-10(3)11(13)12(14)15/h9-11H,4-8H2,1-3H3,(H,14,15). The quantitative estimate of drug-likeness (QED) is 0.787. The van der Waals surface area contributed by atoms with Crippen molar-refractivity contribution in [3.05, 3.63) is 0 Å². The highest BCUT2D eigenvalue weighted by Gasteiger charge is 2.40. The second kappa shape index (κ2) is 6.67. The molecule has 0 aromatic rings. The minimum Gasteiger partial charge on any atom is -0.480 e. The van der Waals surface area contributed by atoms with Crippen LogP contribution in [0.1, 0.15) is 33.6 Å². The van der Waals surface area contributed by atoms with Gasteiger partial charge in [0.2, 0.25) is 10.0 Å². The van der Waals surface area contributed by atoms with Crippen molar-refractivity contribution in [2.75, 3.05) is 18.9 Å². The first-order chi connectivity index (χ1) is 8.75. The second-order valence-electron chi connectivity index (χ2n) is 5.25. The van der Waals surface area contributed by atoms with Gasteiger partial charge in [0, 0.05) is 6.54 Å². The Morgan fingerprint density at radius 3 is 2.63 bits per heavy atom. The molecule has 2 unspecified atom stereocenters. The number of aliphatic carboxylic acids is 1. The molecule has 0 aromatic carbocycles. The van der Waals surface area contributed by atoms with E-state index >= 15 is 0 Å². The zero-order valence-corrected chi connectivity index (χ0v) is 12.5. The van der Waals surface area contributed by atoms with Crippen LogP contribution in [0.4, 0.5) is 0 Å². The number of hydrogen-bond donors (Lipinski definition) is 1. The Morgan fingerprint density at radius 2 is 2.11 bits per heavy atom. The number of ether oxygens (including phenoxy) is 1. The van der Waals surface area contributed by atoms with Crippen molar-refractivity contribution in [2.24, 2.45) is 5.92 Å². The molecule has 2 atom stereocenters. The molecular formula is C12H23NO5S. The van der Waals surface area contributed by atoms with Gasteiger partial charge in [0.15, 0.2) is 0 Å². The van der Waals surface area contributed by atoms with Gasteiger partial charge in [-0.15, -0.1) is 0 Å². The Kier molecular flexibility index (Phi) is 5.76. The summed E-state index contributed by atoms with van der Waals surface area (Å²) in [4.78, 5) is 11.3. The van der Waals surface area contributed by atoms with Crippen LogP contribution in [0, 0.1) is 5.92 Å². The molecule has 1 rings (SSSR count). The summed E-state index contributed by atoms with van der Waals surface area (Å²) in [6.07, 6.45) is 1.41. The maximum Gasteiger partial charge on any atom is 0.322 e. The molecule has 6 nitrogen and oxygen atoms in total. The summed E-state index contributed by atoms with van der Waals surface area (Å²) < 4.78 is 30.8. The summed E-state index contributed by atoms with van der Waals surface area (Å²) in [5.74, 6) is -1.39. The van der Waals surface area contributed by atoms with Crippen molar-refractivity contribution in [3.8, 4) is 0 Å². The molecule has 0 saturated carbocycles. The van der Waals surface area contributed by atoms with Crippen molar-refractivity contribution in [1.29, 1.82) is 0 Å². The van der Waals surface area contributed by atoms with Gasteiger partial charge >= 0.3 is 5.97 Å². The van der Waals surface area contributed by atoms with E-state index in [0.717, 1.165) is 10.7 Å². The lowest BCUT2D eigenvalue weighted by atomic mass is 9.93. The normalized spacial score (nSPS) is 25.7. The Morgan fingerprint density at radius 1 is 1.47 bits per heavy atom. The van der Waals surface area contributed by atoms with Crippen molar-refractivity contribution >= 4 is 16.0 Å². The third-order valence-electron chi connectivity index (χ3n) is 3.29. The molecule has 1 heterocycles. The third kappa shape index (κ3) is 4.43. The fraction of sp³-hybridized carbons (Fsp3) is 0.917. The zero-order valence-electron chi connectivity index (χ0n) is 11.7. The van der Waals surface area contributed by atoms with Crippen molar-refractivity contribution in [1.82, 2.24) is 4.31 Å². The first-order valence-corrected chi connectivity index (χ1v) is 8.20. The lowest BCUT2D eigenvalue weighted by molar-refractivity contribution is -0.144. The van der Waals surface area contributed by atoms with E-state index in [1.54, 1.807) is 6.92 Å². The minimum atomic E-state index is -3.58. The zero-order chi connectivity index (χ0) is 14.6. The Bertz CT molecular complexity index is 406. The van der Waals surface area contributed by atoms with Gasteiger partial charge in [-0.1, -0.05) is 6.92 Å². The van der Waals surface area contributed by atoms with Crippen LogP contribution in [0.5, 0.6) is 0 Å². The van der Waals surface area contributed by atoms with Gasteiger partial charge in [0.05, 0.1) is 18.5 Å². The van der Waals surface area contributed by atoms with Crippen molar-refractivity contribution in [2.45, 2.75) is 45.8 Å². The molecule has 0 spiro atoms. The lowest BCUT2D eigenvalue weighted by Crippen LogP contribution is -2.52. The van der Waals surface area contributed by atoms with E-state index in [4.69, 9.17) is 4.74 Å². The molecule has 1 N–H and O–H groups in total. The van der Waals surface area contributed by atoms with E-state index in [9.17, 15) is 18.3 Å². The fourth-order valence-corrected chi connectivity index (χ4v) is 3.93. The Hall–Kier alpha value is -0.660. The predicted molar refractivity (Wildman–Crippen MR) is 71.4 cm³/mol. The summed E-state index contributed by atoms with van der Waals surface area (Å²) in [6, 6.07) is -0.946. The highest BCUT2D eigenvalue weighted by molar-refractivity contribution is 7.89. The molecule has 0 aliphatic carbocycles. The number of carboxylic acid groups (broad SMARTS) is 1. The van der Waals surface area contributed by atoms with Gasteiger partial charge in [-0.05, 0) is 32.6 Å². The summed E-state index contributed by atoms with van der Waals surface area (Å²) in [6.45, 7) is 5.82. The largest absolute Gasteiger partial charge is 0.480 e. The van der Waals surface area contributed by atoms with Crippen molar-refractivity contribution in [3.63, 3.8) is 0 Å². The molecule has 0 bridgehead atoms. The topological polar surface area (TPSA) is 83.9 Å². The van der Waals surface area contributed by atoms with Crippen LogP contribution in [0.15, 0.2) is 0 Å². The van der Waals surface area contributed by atoms with Crippen molar-refractivity contribution < 1.29 is 23.1 Å². The van der Waals surface area contributed by atoms with Crippen LogP contribution in [0.25, 0.3) is 0 Å². The number of nitrogens with zero attached hydrogens (tertiary/aromatic N) is 1. The number of hydrogen-bond acceptors (Lipinski definition) is 4. The maximum atomic E-state index is 12.2. The lowest BCUT2D eigenvalue weighted by Gasteiger charge is -2.36. The predicted octanol–water partition coefficient (Wildman–Crippen LogP) is 0.926. The van der Waals surface area contributed by atoms with Gasteiger partial charge in [-0.2, -0.15) is 4.31 Å².